The van der Waals surface area contributed by atoms with Crippen molar-refractivity contribution in [1.82, 2.24) is 0 Å². The molecule has 5 fully saturated rings. The summed E-state index contributed by atoms with van der Waals surface area (Å²) in [5, 5.41) is 18.0. The molecule has 5 aliphatic rings. The zero-order valence-corrected chi connectivity index (χ0v) is 153. The molecule has 0 radical (unpaired) electrons. The average molecular weight is 5600 g/mol. The minimum absolute atomic E-state index is 0.184. The maximum absolute atomic E-state index is 11.6. The molecule has 5 aromatic rings. The zero-order valence-electron chi connectivity index (χ0n) is 58.2. The molecule has 0 heterocycles. The van der Waals surface area contributed by atoms with Gasteiger partial charge in [0.1, 0.15) is 8.07 Å². The SMILES string of the molecule is C#Cc1ccccc1C1(C(N)=O)CC1.C[Si](C)(C)C#Cc1ccccc1C1(C(N)=O)CC1.II(I)I(I)I(I)I(I)I.II(I)I(I)I(I)I(I)I(I)I.I[I-]I(I)I(I)I(I)I(I)I.NC(=O)C1(c2ccccc2I)CC1.O=C(O)C1(c2ccccc2)CC1.O=C(O)C1(c2ccccc2I)CC1.[K][K].[K][K].[K][K]. The second kappa shape index (κ2) is 76.6. The Kier molecular flexibility index (Phi) is 96.4. The third kappa shape index (κ3) is 52.9. The van der Waals surface area contributed by atoms with E-state index in [0.29, 0.717) is 13.3 Å². The van der Waals surface area contributed by atoms with Crippen LogP contribution < -0.4 is 30.5 Å². The van der Waals surface area contributed by atoms with Crippen molar-refractivity contribution in [2.75, 3.05) is 0 Å². The van der Waals surface area contributed by atoms with Gasteiger partial charge in [0.25, 0.3) is 0 Å². The van der Waals surface area contributed by atoms with Crippen LogP contribution in [0.15, 0.2) is 127 Å². The Balaban J connectivity index is 0.00000122. The molecule has 3 amide bonds. The Bertz CT molecular complexity index is 3640. The number of benzene rings is 5. The van der Waals surface area contributed by atoms with E-state index in [9.17, 15) is 24.0 Å². The number of nitrogens with two attached hydrogens (primary N) is 3. The molecule has 0 atom stereocenters. The van der Waals surface area contributed by atoms with E-state index in [1.54, 1.807) is 0 Å². The van der Waals surface area contributed by atoms with Crippen LogP contribution in [0.1, 0.15) is 103 Å². The van der Waals surface area contributed by atoms with Crippen LogP contribution in [0.4, 0.5) is 0 Å². The fourth-order valence-corrected chi connectivity index (χ4v) is 3150. The number of halogens is 35. The van der Waals surface area contributed by atoms with Gasteiger partial charge in [-0.1, -0.05) is 135 Å². The Morgan fingerprint density at radius 3 is 0.927 bits per heavy atom. The van der Waals surface area contributed by atoms with Gasteiger partial charge < -0.3 is 27.4 Å². The van der Waals surface area contributed by atoms with Crippen molar-refractivity contribution in [1.29, 1.82) is 0 Å². The molecule has 8 N–H and O–H groups in total. The summed E-state index contributed by atoms with van der Waals surface area (Å²) in [6.07, 6.45) is 13.7. The number of primary amides is 3. The van der Waals surface area contributed by atoms with Gasteiger partial charge in [0.05, 0.1) is 27.1 Å². The third-order valence-corrected chi connectivity index (χ3v) is 1750. The molecule has 5 saturated carbocycles. The fraction of sp³-hybridized carbons (Fsp3) is 0.316. The van der Waals surface area contributed by atoms with Crippen molar-refractivity contribution in [2.24, 2.45) is 17.2 Å². The summed E-state index contributed by atoms with van der Waals surface area (Å²) in [5.74, 6) is 3.81. The summed E-state index contributed by atoms with van der Waals surface area (Å²) in [5.41, 5.74) is 24.0. The van der Waals surface area contributed by atoms with E-state index < -0.39 is 41.7 Å². The molecular formula is C57H59I35K6N3O7Si-. The number of carbonyl (C=O) groups is 5. The van der Waals surface area contributed by atoms with Gasteiger partial charge in [0.2, 0.25) is 17.7 Å². The molecule has 109 heavy (non-hydrogen) atoms. The molecule has 0 bridgehead atoms. The minimum atomic E-state index is -1.41. The molecule has 0 spiro atoms. The first-order chi connectivity index (χ1) is 51.0. The van der Waals surface area contributed by atoms with Crippen molar-refractivity contribution in [3.05, 3.63) is 173 Å². The molecule has 10 nitrogen and oxygen atoms in total. The number of amides is 3. The Morgan fingerprint density at radius 2 is 0.651 bits per heavy atom. The first kappa shape index (κ1) is 137. The Morgan fingerprint density at radius 1 is 0.394 bits per heavy atom. The zero-order chi connectivity index (χ0) is 84.3. The molecule has 0 unspecified atom stereocenters. The normalized spacial score (nSPS) is 16.5. The van der Waals surface area contributed by atoms with Crippen LogP contribution in [0.25, 0.3) is 0 Å². The molecule has 52 heteroatoms. The van der Waals surface area contributed by atoms with E-state index in [4.69, 9.17) is 33.8 Å². The molecule has 5 aliphatic carbocycles. The van der Waals surface area contributed by atoms with Crippen molar-refractivity contribution in [3.63, 3.8) is 0 Å². The van der Waals surface area contributed by atoms with Gasteiger partial charge in [-0.25, -0.2) is 0 Å². The van der Waals surface area contributed by atoms with Crippen LogP contribution >= 0.6 is 502 Å². The molecule has 0 aliphatic heterocycles. The van der Waals surface area contributed by atoms with E-state index in [2.05, 4.69) is 436 Å². The van der Waals surface area contributed by atoms with E-state index >= 15 is 0 Å². The second-order valence-corrected chi connectivity index (χ2v) is 679. The predicted octanol–water partition coefficient (Wildman–Crippen LogP) is 32.7. The van der Waals surface area contributed by atoms with Crippen LogP contribution in [0.3, 0.4) is 0 Å². The van der Waals surface area contributed by atoms with Crippen molar-refractivity contribution in [3.8, 4) is 23.8 Å². The van der Waals surface area contributed by atoms with E-state index in [1.165, 1.54) is 189 Å². The maximum atomic E-state index is 11.6. The summed E-state index contributed by atoms with van der Waals surface area (Å²) in [7, 11) is -5.58. The molecule has 600 valence electrons. The Labute approximate surface area is 1060 Å². The summed E-state index contributed by atoms with van der Waals surface area (Å²) in [6.45, 7) is 6.64. The molecule has 10 rings (SSSR count). The first-order valence-corrected chi connectivity index (χ1v) is 273. The predicted molar refractivity (Wildman–Crippen MR) is 776 cm³/mol. The van der Waals surface area contributed by atoms with E-state index in [1.807, 2.05) is 127 Å². The number of terminal acetylenes is 1. The van der Waals surface area contributed by atoms with E-state index in [0.717, 1.165) is 110 Å². The average Bonchev–Trinajstić information content (AvgIpc) is 1.64. The molecule has 0 saturated heterocycles. The van der Waals surface area contributed by atoms with Gasteiger partial charge in [-0.05, 0) is 161 Å². The number of carboxylic acids is 2. The van der Waals surface area contributed by atoms with Crippen LogP contribution in [-0.4, -0.2) is 237 Å². The van der Waals surface area contributed by atoms with Gasteiger partial charge in [-0.2, -0.15) is 0 Å². The topological polar surface area (TPSA) is 204 Å². The quantitative estimate of drug-likeness (QED) is 0.0273. The van der Waals surface area contributed by atoms with Gasteiger partial charge in [-0.15, -0.1) is 12.0 Å². The number of carbonyl (C=O) groups excluding carboxylic acids is 3. The Hall–Kier alpha value is 28.2. The first-order valence-electron chi connectivity index (χ1n) is 30.5. The number of rotatable bonds is 21. The third-order valence-electron chi connectivity index (χ3n) is 14.6. The van der Waals surface area contributed by atoms with Gasteiger partial charge >= 0.3 is 671 Å². The summed E-state index contributed by atoms with van der Waals surface area (Å²) >= 11 is 66.6. The van der Waals surface area contributed by atoms with Crippen molar-refractivity contribution in [2.45, 2.75) is 111 Å². The summed E-state index contributed by atoms with van der Waals surface area (Å²) in [4.78, 5) is 56.1. The molecule has 5 aromatic carbocycles. The number of aliphatic carboxylic acids is 2. The van der Waals surface area contributed by atoms with Crippen LogP contribution in [0.2, 0.25) is 19.6 Å². The van der Waals surface area contributed by atoms with E-state index in [-0.39, 0.29) is 126 Å². The van der Waals surface area contributed by atoms with Crippen LogP contribution in [-0.2, 0) is 51.0 Å². The molecule has 0 aromatic heterocycles. The van der Waals surface area contributed by atoms with Gasteiger partial charge in [0.15, 0.2) is 0 Å². The van der Waals surface area contributed by atoms with Gasteiger partial charge in [0, 0.05) is 18.3 Å². The molecular weight excluding hydrogens is 5540 g/mol. The standard InChI is InChI=1S/C15H19NOSi.C12H11NO.C10H10INO.C10H9IO2.C10H10O2.I12.I11.I10.6K/c1-18(2,3)11-8-12-6-4-5-7-13(12)15(9-10-15)14(16)17;1-2-9-5-3-4-6-10(9)12(7-8-12)11(13)14;2*11-8-4-2-1-3-7(8)10(5-6-10)9(12)13;11-9(12)10(6-7-10)8-4-2-1-3-5-8;1-8(2)10(5)12(7)11(6)9(3)4;1-7-9(4)11(6)10(5)8(2)3;1-7(2)9(5)10(6)8(3)4;;;;;;/h4-7H,9-10H2,1-3H3,(H2,16,17);1,3-6H,7-8H2,(H2,13,14);1-4H,5-6H2,(H2,12,13);1-4H,5-6H2,(H,12,13);1-5H,6-7H2,(H,11,12);;;;;;;;;/q;;;;;;-1;;;;;;;. The number of carboxylic acid groups (broad SMARTS) is 2. The van der Waals surface area contributed by atoms with Crippen LogP contribution in [0, 0.1) is 30.9 Å². The number of hydrogen-bond donors (Lipinski definition) is 5. The second-order valence-electron chi connectivity index (χ2n) is 21.8. The fourth-order valence-electron chi connectivity index (χ4n) is 8.77. The van der Waals surface area contributed by atoms with Gasteiger partial charge in [-0.3, -0.25) is 24.0 Å². The monoisotopic (exact) mass is 5600 g/mol. The van der Waals surface area contributed by atoms with Crippen molar-refractivity contribution < 1.29 is 47.4 Å². The summed E-state index contributed by atoms with van der Waals surface area (Å²) < 4.78 is 2.19. The summed E-state index contributed by atoms with van der Waals surface area (Å²) in [6, 6.07) is 40.5. The van der Waals surface area contributed by atoms with Crippen molar-refractivity contribution >= 4 is 729 Å². The van der Waals surface area contributed by atoms with Crippen LogP contribution in [0.5, 0.6) is 0 Å². The number of hydrogen-bond acceptors (Lipinski definition) is 5.